The normalized spacial score (nSPS) is 10.9. The highest BCUT2D eigenvalue weighted by Crippen LogP contribution is 2.30. The number of carbonyl (C=O) groups is 1. The third-order valence-electron chi connectivity index (χ3n) is 5.53. The predicted molar refractivity (Wildman–Crippen MR) is 135 cm³/mol. The molecule has 4 N–H and O–H groups in total. The van der Waals surface area contributed by atoms with E-state index in [-0.39, 0.29) is 5.56 Å². The van der Waals surface area contributed by atoms with Gasteiger partial charge >= 0.3 is 5.97 Å². The maximum atomic E-state index is 11.4. The Kier molecular flexibility index (Phi) is 8.01. The van der Waals surface area contributed by atoms with Crippen molar-refractivity contribution in [1.29, 1.82) is 0 Å². The lowest BCUT2D eigenvalue weighted by Gasteiger charge is -2.12. The number of carboxylic acids is 1. The smallest absolute Gasteiger partial charge is 0.335 e. The molecule has 7 heteroatoms. The van der Waals surface area contributed by atoms with E-state index in [0.717, 1.165) is 42.5 Å². The molecule has 33 heavy (non-hydrogen) atoms. The standard InChI is InChI=1S/C24H27N5O2.C2H6/c1-3-4-5-20-28-21-22(29(20)14-16-8-6-15(7-9-16)13-26-2)18-11-10-17(24(30)31)12-19(18)27-23(21)25;1-2/h6-12,26H,3-5,13-14H2,1-2H3,(H2,25,27)(H,30,31);1-2H3. The number of nitrogens with two attached hydrogens (primary N) is 1. The van der Waals surface area contributed by atoms with Crippen molar-refractivity contribution < 1.29 is 9.90 Å². The van der Waals surface area contributed by atoms with Gasteiger partial charge in [0.15, 0.2) is 5.82 Å². The number of nitrogens with one attached hydrogen (secondary N) is 1. The zero-order valence-corrected chi connectivity index (χ0v) is 19.9. The number of hydrogen-bond acceptors (Lipinski definition) is 5. The average molecular weight is 448 g/mol. The Balaban J connectivity index is 0.00000149. The molecule has 4 aromatic rings. The van der Waals surface area contributed by atoms with Crippen LogP contribution in [0.1, 0.15) is 60.9 Å². The lowest BCUT2D eigenvalue weighted by Crippen LogP contribution is -2.07. The zero-order valence-electron chi connectivity index (χ0n) is 19.9. The van der Waals surface area contributed by atoms with Crippen LogP contribution in [0.4, 0.5) is 5.82 Å². The number of aryl methyl sites for hydroxylation is 1. The Morgan fingerprint density at radius 3 is 2.42 bits per heavy atom. The Bertz CT molecular complexity index is 1250. The number of aromatic carboxylic acids is 1. The molecular formula is C26H33N5O2. The second kappa shape index (κ2) is 10.9. The first kappa shape index (κ1) is 24.2. The van der Waals surface area contributed by atoms with E-state index in [0.29, 0.717) is 23.4 Å². The van der Waals surface area contributed by atoms with E-state index in [9.17, 15) is 9.90 Å². The number of benzene rings is 2. The van der Waals surface area contributed by atoms with Crippen LogP contribution in [-0.4, -0.2) is 32.7 Å². The van der Waals surface area contributed by atoms with Crippen molar-refractivity contribution in [2.75, 3.05) is 12.8 Å². The number of imidazole rings is 1. The van der Waals surface area contributed by atoms with Gasteiger partial charge in [-0.25, -0.2) is 14.8 Å². The first-order valence-electron chi connectivity index (χ1n) is 11.6. The van der Waals surface area contributed by atoms with Crippen molar-refractivity contribution in [3.8, 4) is 0 Å². The lowest BCUT2D eigenvalue weighted by molar-refractivity contribution is 0.0697. The summed E-state index contributed by atoms with van der Waals surface area (Å²) in [7, 11) is 1.94. The number of nitrogen functional groups attached to an aromatic ring is 1. The third-order valence-corrected chi connectivity index (χ3v) is 5.53. The highest BCUT2D eigenvalue weighted by Gasteiger charge is 2.18. The molecule has 0 atom stereocenters. The fourth-order valence-corrected chi connectivity index (χ4v) is 3.94. The minimum atomic E-state index is -0.985. The van der Waals surface area contributed by atoms with Crippen molar-refractivity contribution in [1.82, 2.24) is 19.9 Å². The maximum Gasteiger partial charge on any atom is 0.335 e. The molecule has 0 saturated heterocycles. The maximum absolute atomic E-state index is 11.4. The number of carboxylic acid groups (broad SMARTS) is 1. The average Bonchev–Trinajstić information content (AvgIpc) is 3.19. The fraction of sp³-hybridized carbons (Fsp3) is 0.346. The number of nitrogens with zero attached hydrogens (tertiary/aromatic N) is 3. The van der Waals surface area contributed by atoms with E-state index >= 15 is 0 Å². The summed E-state index contributed by atoms with van der Waals surface area (Å²) in [5.41, 5.74) is 11.0. The summed E-state index contributed by atoms with van der Waals surface area (Å²) in [5.74, 6) is 0.312. The largest absolute Gasteiger partial charge is 0.478 e. The van der Waals surface area contributed by atoms with E-state index in [1.54, 1.807) is 12.1 Å². The third kappa shape index (κ3) is 5.14. The summed E-state index contributed by atoms with van der Waals surface area (Å²) in [6, 6.07) is 13.5. The molecule has 0 bridgehead atoms. The molecule has 174 valence electrons. The Morgan fingerprint density at radius 1 is 1.09 bits per heavy atom. The van der Waals surface area contributed by atoms with E-state index in [1.807, 2.05) is 27.0 Å². The number of hydrogen-bond donors (Lipinski definition) is 3. The molecule has 0 aliphatic rings. The van der Waals surface area contributed by atoms with Crippen LogP contribution in [-0.2, 0) is 19.5 Å². The number of anilines is 1. The number of rotatable bonds is 8. The van der Waals surface area contributed by atoms with Crippen LogP contribution in [0.5, 0.6) is 0 Å². The molecule has 2 aromatic carbocycles. The minimum absolute atomic E-state index is 0.191. The van der Waals surface area contributed by atoms with Crippen LogP contribution in [0, 0.1) is 0 Å². The van der Waals surface area contributed by atoms with Crippen LogP contribution in [0.15, 0.2) is 42.5 Å². The van der Waals surface area contributed by atoms with E-state index < -0.39 is 5.97 Å². The van der Waals surface area contributed by atoms with Crippen molar-refractivity contribution in [2.45, 2.75) is 53.1 Å². The molecule has 2 aromatic heterocycles. The second-order valence-corrected chi connectivity index (χ2v) is 7.80. The van der Waals surface area contributed by atoms with Gasteiger partial charge in [0, 0.05) is 24.9 Å². The van der Waals surface area contributed by atoms with Gasteiger partial charge in [0.1, 0.15) is 11.3 Å². The summed E-state index contributed by atoms with van der Waals surface area (Å²) in [6.45, 7) is 7.65. The highest BCUT2D eigenvalue weighted by molar-refractivity contribution is 6.08. The molecule has 0 amide bonds. The number of unbranched alkanes of at least 4 members (excludes halogenated alkanes) is 1. The highest BCUT2D eigenvalue weighted by atomic mass is 16.4. The Hall–Kier alpha value is -3.45. The molecular weight excluding hydrogens is 414 g/mol. The van der Waals surface area contributed by atoms with Gasteiger partial charge < -0.3 is 20.7 Å². The monoisotopic (exact) mass is 447 g/mol. The van der Waals surface area contributed by atoms with Crippen LogP contribution in [0.3, 0.4) is 0 Å². The molecule has 0 aliphatic carbocycles. The first-order chi connectivity index (χ1) is 16.0. The quantitative estimate of drug-likeness (QED) is 0.351. The van der Waals surface area contributed by atoms with Gasteiger partial charge in [-0.15, -0.1) is 0 Å². The lowest BCUT2D eigenvalue weighted by atomic mass is 10.1. The summed E-state index contributed by atoms with van der Waals surface area (Å²) in [4.78, 5) is 20.7. The molecule has 7 nitrogen and oxygen atoms in total. The zero-order chi connectivity index (χ0) is 24.0. The molecule has 0 fully saturated rings. The SMILES string of the molecule is CC.CCCCc1nc2c(N)nc3cc(C(=O)O)ccc3c2n1Cc1ccc(CNC)cc1. The summed E-state index contributed by atoms with van der Waals surface area (Å²) >= 11 is 0. The van der Waals surface area contributed by atoms with E-state index in [1.165, 1.54) is 11.1 Å². The molecule has 0 radical (unpaired) electrons. The summed E-state index contributed by atoms with van der Waals surface area (Å²) < 4.78 is 2.21. The van der Waals surface area contributed by atoms with Crippen molar-refractivity contribution in [2.24, 2.45) is 0 Å². The van der Waals surface area contributed by atoms with E-state index in [2.05, 4.69) is 46.1 Å². The molecule has 4 rings (SSSR count). The molecule has 0 aliphatic heterocycles. The fourth-order valence-electron chi connectivity index (χ4n) is 3.94. The topological polar surface area (TPSA) is 106 Å². The van der Waals surface area contributed by atoms with Gasteiger partial charge in [-0.3, -0.25) is 0 Å². The van der Waals surface area contributed by atoms with Crippen molar-refractivity contribution in [3.63, 3.8) is 0 Å². The number of aromatic nitrogens is 3. The minimum Gasteiger partial charge on any atom is -0.478 e. The van der Waals surface area contributed by atoms with Gasteiger partial charge in [-0.1, -0.05) is 51.5 Å². The molecule has 2 heterocycles. The van der Waals surface area contributed by atoms with Gasteiger partial charge in [-0.05, 0) is 42.8 Å². The number of fused-ring (bicyclic) bond motifs is 3. The molecule has 0 unspecified atom stereocenters. The Morgan fingerprint density at radius 2 is 1.79 bits per heavy atom. The summed E-state index contributed by atoms with van der Waals surface area (Å²) in [5, 5.41) is 13.4. The van der Waals surface area contributed by atoms with Crippen LogP contribution in [0.25, 0.3) is 21.9 Å². The summed E-state index contributed by atoms with van der Waals surface area (Å²) in [6.07, 6.45) is 2.94. The van der Waals surface area contributed by atoms with Gasteiger partial charge in [0.05, 0.1) is 16.6 Å². The first-order valence-corrected chi connectivity index (χ1v) is 11.6. The van der Waals surface area contributed by atoms with Crippen molar-refractivity contribution in [3.05, 3.63) is 65.0 Å². The van der Waals surface area contributed by atoms with Gasteiger partial charge in [-0.2, -0.15) is 0 Å². The Labute approximate surface area is 194 Å². The van der Waals surface area contributed by atoms with Crippen LogP contribution >= 0.6 is 0 Å². The predicted octanol–water partition coefficient (Wildman–Crippen LogP) is 5.00. The number of pyridine rings is 1. The van der Waals surface area contributed by atoms with Crippen LogP contribution in [0.2, 0.25) is 0 Å². The van der Waals surface area contributed by atoms with Gasteiger partial charge in [0.2, 0.25) is 0 Å². The molecule has 0 saturated carbocycles. The van der Waals surface area contributed by atoms with Crippen LogP contribution < -0.4 is 11.1 Å². The molecule has 0 spiro atoms. The van der Waals surface area contributed by atoms with Gasteiger partial charge in [0.25, 0.3) is 0 Å². The second-order valence-electron chi connectivity index (χ2n) is 7.80. The van der Waals surface area contributed by atoms with E-state index in [4.69, 9.17) is 10.7 Å². The van der Waals surface area contributed by atoms with Crippen molar-refractivity contribution >= 4 is 33.7 Å².